The Kier molecular flexibility index (Phi) is 5.15. The van der Waals surface area contributed by atoms with Gasteiger partial charge in [-0.3, -0.25) is 0 Å². The van der Waals surface area contributed by atoms with Crippen molar-refractivity contribution in [2.45, 2.75) is 59.3 Å². The van der Waals surface area contributed by atoms with Crippen LogP contribution in [0.3, 0.4) is 0 Å². The molecule has 0 bridgehead atoms. The molecule has 0 fully saturated rings. The largest absolute Gasteiger partial charge is 0.348 e. The van der Waals surface area contributed by atoms with Crippen molar-refractivity contribution in [1.29, 1.82) is 0 Å². The van der Waals surface area contributed by atoms with Gasteiger partial charge >= 0.3 is 0 Å². The summed E-state index contributed by atoms with van der Waals surface area (Å²) in [5, 5.41) is 0. The second-order valence-corrected chi connectivity index (χ2v) is 7.33. The summed E-state index contributed by atoms with van der Waals surface area (Å²) >= 11 is 0. The van der Waals surface area contributed by atoms with Gasteiger partial charge < -0.3 is 4.98 Å². The van der Waals surface area contributed by atoms with Crippen LogP contribution in [0.1, 0.15) is 58.4 Å². The molecule has 1 aromatic carbocycles. The van der Waals surface area contributed by atoms with Crippen LogP contribution in [-0.4, -0.2) is 9.97 Å². The lowest BCUT2D eigenvalue weighted by Crippen LogP contribution is -2.10. The molecule has 0 spiro atoms. The van der Waals surface area contributed by atoms with Crippen LogP contribution in [0.2, 0.25) is 0 Å². The minimum absolute atomic E-state index is 0.205. The van der Waals surface area contributed by atoms with Crippen molar-refractivity contribution < 1.29 is 0 Å². The van der Waals surface area contributed by atoms with Crippen molar-refractivity contribution in [3.63, 3.8) is 0 Å². The van der Waals surface area contributed by atoms with Crippen LogP contribution in [0.4, 0.5) is 0 Å². The second-order valence-electron chi connectivity index (χ2n) is 7.33. The molecule has 2 aromatic rings. The molecule has 0 atom stereocenters. The minimum Gasteiger partial charge on any atom is -0.348 e. The molecule has 0 radical (unpaired) electrons. The molecule has 20 heavy (non-hydrogen) atoms. The molecule has 0 aliphatic rings. The third-order valence-corrected chi connectivity index (χ3v) is 3.22. The molecule has 0 aliphatic carbocycles. The van der Waals surface area contributed by atoms with Gasteiger partial charge in [0.25, 0.3) is 0 Å². The van der Waals surface area contributed by atoms with Crippen LogP contribution in [0.25, 0.3) is 0 Å². The monoisotopic (exact) mass is 272 g/mol. The van der Waals surface area contributed by atoms with Crippen LogP contribution in [0, 0.1) is 6.92 Å². The first-order chi connectivity index (χ1) is 9.10. The van der Waals surface area contributed by atoms with E-state index in [0.29, 0.717) is 0 Å². The summed E-state index contributed by atoms with van der Waals surface area (Å²) in [6, 6.07) is 8.74. The number of nitrogens with zero attached hydrogens (tertiary/aromatic N) is 1. The van der Waals surface area contributed by atoms with E-state index >= 15 is 0 Å². The Morgan fingerprint density at radius 2 is 1.40 bits per heavy atom. The number of hydrogen-bond acceptors (Lipinski definition) is 1. The van der Waals surface area contributed by atoms with E-state index in [1.165, 1.54) is 16.8 Å². The normalized spacial score (nSPS) is 11.8. The maximum Gasteiger partial charge on any atom is 0.0921 e. The average molecular weight is 272 g/mol. The zero-order valence-corrected chi connectivity index (χ0v) is 13.9. The van der Waals surface area contributed by atoms with Gasteiger partial charge in [0.05, 0.1) is 6.33 Å². The number of H-pyrrole nitrogens is 1. The number of imidazole rings is 1. The average Bonchev–Trinajstić information content (AvgIpc) is 2.82. The van der Waals surface area contributed by atoms with E-state index in [-0.39, 0.29) is 10.8 Å². The Labute approximate surface area is 123 Å². The molecule has 1 N–H and O–H groups in total. The molecule has 110 valence electrons. The van der Waals surface area contributed by atoms with Crippen LogP contribution < -0.4 is 0 Å². The van der Waals surface area contributed by atoms with E-state index in [2.05, 4.69) is 82.7 Å². The first-order valence-electron chi connectivity index (χ1n) is 7.17. The standard InChI is InChI=1S/C11H16.C7H12N2/c1-9-5-7-10(8-6-9)11(2,3)4;1-7(2,3)6-4-8-5-9-6/h5-8H,1-4H3;4-5H,1-3H3,(H,8,9). The maximum absolute atomic E-state index is 3.93. The van der Waals surface area contributed by atoms with Gasteiger partial charge in [-0.05, 0) is 17.9 Å². The van der Waals surface area contributed by atoms with Gasteiger partial charge in [-0.15, -0.1) is 0 Å². The number of aryl methyl sites for hydroxylation is 1. The molecule has 2 nitrogen and oxygen atoms in total. The Balaban J connectivity index is 0.000000204. The predicted molar refractivity (Wildman–Crippen MR) is 87.2 cm³/mol. The lowest BCUT2D eigenvalue weighted by atomic mass is 9.87. The molecule has 1 heterocycles. The minimum atomic E-state index is 0.205. The molecule has 2 heteroatoms. The van der Waals surface area contributed by atoms with Gasteiger partial charge in [-0.2, -0.15) is 0 Å². The summed E-state index contributed by atoms with van der Waals surface area (Å²) in [5.41, 5.74) is 4.41. The Hall–Kier alpha value is -1.57. The van der Waals surface area contributed by atoms with Crippen LogP contribution >= 0.6 is 0 Å². The highest BCUT2D eigenvalue weighted by molar-refractivity contribution is 5.26. The molecule has 2 rings (SSSR count). The van der Waals surface area contributed by atoms with E-state index in [1.54, 1.807) is 6.33 Å². The molecule has 0 saturated carbocycles. The van der Waals surface area contributed by atoms with Gasteiger partial charge in [0, 0.05) is 17.3 Å². The fourth-order valence-corrected chi connectivity index (χ4v) is 1.72. The molecule has 0 saturated heterocycles. The number of hydrogen-bond donors (Lipinski definition) is 1. The van der Waals surface area contributed by atoms with Crippen molar-refractivity contribution in [2.75, 3.05) is 0 Å². The van der Waals surface area contributed by atoms with Gasteiger partial charge in [0.1, 0.15) is 0 Å². The first kappa shape index (κ1) is 16.5. The molecular weight excluding hydrogens is 244 g/mol. The second kappa shape index (κ2) is 6.25. The lowest BCUT2D eigenvalue weighted by Gasteiger charge is -2.18. The number of nitrogens with one attached hydrogen (secondary N) is 1. The van der Waals surface area contributed by atoms with E-state index in [0.717, 1.165) is 0 Å². The van der Waals surface area contributed by atoms with Crippen molar-refractivity contribution in [3.05, 3.63) is 53.6 Å². The molecular formula is C18H28N2. The number of aromatic amines is 1. The van der Waals surface area contributed by atoms with Gasteiger partial charge in [-0.1, -0.05) is 71.4 Å². The highest BCUT2D eigenvalue weighted by Crippen LogP contribution is 2.21. The first-order valence-corrected chi connectivity index (χ1v) is 7.17. The topological polar surface area (TPSA) is 28.7 Å². The van der Waals surface area contributed by atoms with Crippen LogP contribution in [0.5, 0.6) is 0 Å². The maximum atomic E-state index is 3.93. The number of benzene rings is 1. The molecule has 0 amide bonds. The highest BCUT2D eigenvalue weighted by atomic mass is 14.9. The van der Waals surface area contributed by atoms with E-state index < -0.39 is 0 Å². The lowest BCUT2D eigenvalue weighted by molar-refractivity contribution is 0.572. The fraction of sp³-hybridized carbons (Fsp3) is 0.500. The molecule has 0 unspecified atom stereocenters. The van der Waals surface area contributed by atoms with Crippen molar-refractivity contribution in [2.24, 2.45) is 0 Å². The Morgan fingerprint density at radius 1 is 0.850 bits per heavy atom. The summed E-state index contributed by atoms with van der Waals surface area (Å²) in [4.78, 5) is 7.00. The van der Waals surface area contributed by atoms with Crippen molar-refractivity contribution >= 4 is 0 Å². The van der Waals surface area contributed by atoms with Crippen LogP contribution in [-0.2, 0) is 10.8 Å². The van der Waals surface area contributed by atoms with E-state index in [9.17, 15) is 0 Å². The molecule has 0 aliphatic heterocycles. The third kappa shape index (κ3) is 5.20. The summed E-state index contributed by atoms with van der Waals surface area (Å²) in [6.07, 6.45) is 3.57. The van der Waals surface area contributed by atoms with E-state index in [4.69, 9.17) is 0 Å². The summed E-state index contributed by atoms with van der Waals surface area (Å²) < 4.78 is 0. The van der Waals surface area contributed by atoms with Crippen molar-refractivity contribution in [3.8, 4) is 0 Å². The Bertz CT molecular complexity index is 494. The zero-order chi connectivity index (χ0) is 15.4. The van der Waals surface area contributed by atoms with Gasteiger partial charge in [0.15, 0.2) is 0 Å². The smallest absolute Gasteiger partial charge is 0.0921 e. The number of rotatable bonds is 0. The SMILES string of the molecule is CC(C)(C)c1cnc[nH]1.Cc1ccc(C(C)(C)C)cc1. The van der Waals surface area contributed by atoms with Gasteiger partial charge in [0.2, 0.25) is 0 Å². The summed E-state index contributed by atoms with van der Waals surface area (Å²) in [6.45, 7) is 15.3. The van der Waals surface area contributed by atoms with Gasteiger partial charge in [-0.25, -0.2) is 4.98 Å². The van der Waals surface area contributed by atoms with Crippen LogP contribution in [0.15, 0.2) is 36.8 Å². The quantitative estimate of drug-likeness (QED) is 0.718. The zero-order valence-electron chi connectivity index (χ0n) is 13.9. The predicted octanol–water partition coefficient (Wildman–Crippen LogP) is 5.00. The summed E-state index contributed by atoms with van der Waals surface area (Å²) in [7, 11) is 0. The third-order valence-electron chi connectivity index (χ3n) is 3.22. The van der Waals surface area contributed by atoms with Crippen molar-refractivity contribution in [1.82, 2.24) is 9.97 Å². The fourth-order valence-electron chi connectivity index (χ4n) is 1.72. The molecule has 1 aromatic heterocycles. The Morgan fingerprint density at radius 3 is 1.70 bits per heavy atom. The van der Waals surface area contributed by atoms with E-state index in [1.807, 2.05) is 6.20 Å². The highest BCUT2D eigenvalue weighted by Gasteiger charge is 2.13. The number of aromatic nitrogens is 2. The summed E-state index contributed by atoms with van der Waals surface area (Å²) in [5.74, 6) is 0.